The van der Waals surface area contributed by atoms with Gasteiger partial charge in [-0.3, -0.25) is 4.79 Å². The maximum absolute atomic E-state index is 11.4. The predicted octanol–water partition coefficient (Wildman–Crippen LogP) is -2.04. The molecule has 0 heterocycles. The number of aldehydes is 1. The molecule has 0 aromatic heterocycles. The number of nitrogens with one attached hydrogen (secondary N) is 2. The number of amides is 1. The molecule has 0 spiro atoms. The second kappa shape index (κ2) is 7.33. The van der Waals surface area contributed by atoms with Crippen LogP contribution in [0.4, 0.5) is 0 Å². The lowest BCUT2D eigenvalue weighted by molar-refractivity contribution is -0.124. The Morgan fingerprint density at radius 3 is 2.40 bits per heavy atom. The second-order valence-electron chi connectivity index (χ2n) is 3.47. The molecular formula is C9H20N4O2. The molecule has 0 unspecified atom stereocenters. The molecule has 0 aliphatic carbocycles. The van der Waals surface area contributed by atoms with Crippen molar-refractivity contribution in [1.82, 2.24) is 10.6 Å². The van der Waals surface area contributed by atoms with Crippen molar-refractivity contribution in [2.45, 2.75) is 18.4 Å². The van der Waals surface area contributed by atoms with E-state index in [1.54, 1.807) is 7.05 Å². The van der Waals surface area contributed by atoms with Gasteiger partial charge in [-0.15, -0.1) is 0 Å². The van der Waals surface area contributed by atoms with E-state index in [9.17, 15) is 9.59 Å². The van der Waals surface area contributed by atoms with Gasteiger partial charge in [-0.25, -0.2) is 0 Å². The fourth-order valence-electron chi connectivity index (χ4n) is 1.26. The van der Waals surface area contributed by atoms with Crippen LogP contribution < -0.4 is 22.1 Å². The molecule has 0 saturated heterocycles. The molecule has 0 fully saturated rings. The minimum atomic E-state index is -0.616. The van der Waals surface area contributed by atoms with Crippen LogP contribution in [0.15, 0.2) is 0 Å². The quantitative estimate of drug-likeness (QED) is 0.349. The van der Waals surface area contributed by atoms with Gasteiger partial charge in [0.25, 0.3) is 0 Å². The average Bonchev–Trinajstić information content (AvgIpc) is 2.25. The van der Waals surface area contributed by atoms with Crippen LogP contribution in [0, 0.1) is 0 Å². The van der Waals surface area contributed by atoms with Crippen LogP contribution in [0.25, 0.3) is 0 Å². The Hall–Kier alpha value is -0.980. The normalized spacial score (nSPS) is 11.1. The fraction of sp³-hybridized carbons (Fsp3) is 0.778. The van der Waals surface area contributed by atoms with Gasteiger partial charge < -0.3 is 26.9 Å². The third kappa shape index (κ3) is 4.87. The van der Waals surface area contributed by atoms with Crippen molar-refractivity contribution >= 4 is 12.2 Å². The minimum absolute atomic E-state index is 0.176. The summed E-state index contributed by atoms with van der Waals surface area (Å²) < 4.78 is 0. The van der Waals surface area contributed by atoms with Gasteiger partial charge in [-0.05, 0) is 7.05 Å². The van der Waals surface area contributed by atoms with Crippen molar-refractivity contribution < 1.29 is 9.59 Å². The van der Waals surface area contributed by atoms with Crippen molar-refractivity contribution in [3.8, 4) is 0 Å². The van der Waals surface area contributed by atoms with Gasteiger partial charge in [-0.1, -0.05) is 0 Å². The van der Waals surface area contributed by atoms with Crippen LogP contribution >= 0.6 is 0 Å². The van der Waals surface area contributed by atoms with E-state index in [0.29, 0.717) is 12.8 Å². The fourth-order valence-corrected chi connectivity index (χ4v) is 1.26. The number of nitrogens with two attached hydrogens (primary N) is 2. The summed E-state index contributed by atoms with van der Waals surface area (Å²) in [6.45, 7) is 1.03. The molecular weight excluding hydrogens is 196 g/mol. The molecule has 6 N–H and O–H groups in total. The summed E-state index contributed by atoms with van der Waals surface area (Å²) in [6.07, 6.45) is 1.11. The van der Waals surface area contributed by atoms with Crippen molar-refractivity contribution in [1.29, 1.82) is 0 Å². The molecule has 0 radical (unpaired) electrons. The lowest BCUT2D eigenvalue weighted by Crippen LogP contribution is -2.63. The third-order valence-corrected chi connectivity index (χ3v) is 2.19. The topological polar surface area (TPSA) is 110 Å². The van der Waals surface area contributed by atoms with E-state index < -0.39 is 5.54 Å². The molecule has 88 valence electrons. The van der Waals surface area contributed by atoms with Crippen molar-refractivity contribution in [2.24, 2.45) is 11.5 Å². The summed E-state index contributed by atoms with van der Waals surface area (Å²) >= 11 is 0. The van der Waals surface area contributed by atoms with Crippen molar-refractivity contribution in [3.63, 3.8) is 0 Å². The van der Waals surface area contributed by atoms with Crippen LogP contribution in [-0.4, -0.2) is 44.4 Å². The van der Waals surface area contributed by atoms with Gasteiger partial charge in [0.2, 0.25) is 5.91 Å². The van der Waals surface area contributed by atoms with Gasteiger partial charge in [0, 0.05) is 32.5 Å². The molecule has 6 nitrogen and oxygen atoms in total. The summed E-state index contributed by atoms with van der Waals surface area (Å²) in [7, 11) is 1.76. The molecule has 1 amide bonds. The first-order valence-electron chi connectivity index (χ1n) is 4.93. The molecule has 6 heteroatoms. The Morgan fingerprint density at radius 1 is 1.40 bits per heavy atom. The van der Waals surface area contributed by atoms with Gasteiger partial charge >= 0.3 is 0 Å². The summed E-state index contributed by atoms with van der Waals surface area (Å²) in [5, 5.41) is 5.68. The third-order valence-electron chi connectivity index (χ3n) is 2.19. The van der Waals surface area contributed by atoms with E-state index in [0.717, 1.165) is 0 Å². The maximum Gasteiger partial charge on any atom is 0.220 e. The van der Waals surface area contributed by atoms with E-state index >= 15 is 0 Å². The minimum Gasteiger partial charge on any atom is -0.347 e. The first kappa shape index (κ1) is 14.0. The highest BCUT2D eigenvalue weighted by atomic mass is 16.2. The van der Waals surface area contributed by atoms with Crippen molar-refractivity contribution in [3.05, 3.63) is 0 Å². The van der Waals surface area contributed by atoms with Gasteiger partial charge in [0.05, 0.1) is 5.54 Å². The lowest BCUT2D eigenvalue weighted by atomic mass is 9.99. The zero-order chi connectivity index (χ0) is 11.7. The Labute approximate surface area is 89.8 Å². The molecule has 0 rings (SSSR count). The van der Waals surface area contributed by atoms with Gasteiger partial charge in [-0.2, -0.15) is 0 Å². The second-order valence-corrected chi connectivity index (χ2v) is 3.47. The number of carbonyl (C=O) groups is 2. The predicted molar refractivity (Wildman–Crippen MR) is 58.2 cm³/mol. The number of carbonyl (C=O) groups excluding carboxylic acids is 2. The maximum atomic E-state index is 11.4. The van der Waals surface area contributed by atoms with E-state index in [-0.39, 0.29) is 31.8 Å². The standard InChI is InChI=1S/C9H20N4O2/c1-12-7-9(5-10,6-11)13-8(15)3-2-4-14/h4,12H,2-3,5-7,10-11H2,1H3,(H,13,15). The first-order chi connectivity index (χ1) is 7.14. The van der Waals surface area contributed by atoms with Gasteiger partial charge in [0.15, 0.2) is 0 Å². The highest BCUT2D eigenvalue weighted by molar-refractivity contribution is 5.79. The number of rotatable bonds is 8. The van der Waals surface area contributed by atoms with E-state index in [2.05, 4.69) is 10.6 Å². The summed E-state index contributed by atoms with van der Waals surface area (Å²) in [4.78, 5) is 21.5. The molecule has 15 heavy (non-hydrogen) atoms. The summed E-state index contributed by atoms with van der Waals surface area (Å²) in [5.41, 5.74) is 10.5. The molecule has 0 atom stereocenters. The van der Waals surface area contributed by atoms with Crippen molar-refractivity contribution in [2.75, 3.05) is 26.7 Å². The number of hydrogen-bond acceptors (Lipinski definition) is 5. The molecule has 0 aromatic carbocycles. The number of likely N-dealkylation sites (N-methyl/N-ethyl adjacent to an activating group) is 1. The highest BCUT2D eigenvalue weighted by Crippen LogP contribution is 2.00. The highest BCUT2D eigenvalue weighted by Gasteiger charge is 2.27. The number of hydrogen-bond donors (Lipinski definition) is 4. The average molecular weight is 216 g/mol. The zero-order valence-corrected chi connectivity index (χ0v) is 9.08. The molecule has 0 aliphatic rings. The largest absolute Gasteiger partial charge is 0.347 e. The molecule has 0 bridgehead atoms. The smallest absolute Gasteiger partial charge is 0.220 e. The lowest BCUT2D eigenvalue weighted by Gasteiger charge is -2.32. The zero-order valence-electron chi connectivity index (χ0n) is 9.08. The van der Waals surface area contributed by atoms with Crippen LogP contribution in [-0.2, 0) is 9.59 Å². The van der Waals surface area contributed by atoms with Crippen LogP contribution in [0.3, 0.4) is 0 Å². The molecule has 0 saturated carbocycles. The molecule has 0 aromatic rings. The summed E-state index contributed by atoms with van der Waals surface area (Å²) in [6, 6.07) is 0. The molecule has 0 aliphatic heterocycles. The monoisotopic (exact) mass is 216 g/mol. The first-order valence-corrected chi connectivity index (χ1v) is 4.93. The summed E-state index contributed by atoms with van der Waals surface area (Å²) in [5.74, 6) is -0.201. The van der Waals surface area contributed by atoms with Crippen LogP contribution in [0.1, 0.15) is 12.8 Å². The Morgan fingerprint density at radius 2 is 2.00 bits per heavy atom. The van der Waals surface area contributed by atoms with E-state index in [1.165, 1.54) is 0 Å². The Bertz CT molecular complexity index is 204. The van der Waals surface area contributed by atoms with Crippen LogP contribution in [0.2, 0.25) is 0 Å². The Balaban J connectivity index is 4.25. The van der Waals surface area contributed by atoms with E-state index in [4.69, 9.17) is 11.5 Å². The van der Waals surface area contributed by atoms with Gasteiger partial charge in [0.1, 0.15) is 6.29 Å². The van der Waals surface area contributed by atoms with E-state index in [1.807, 2.05) is 0 Å². The Kier molecular flexibility index (Phi) is 6.85. The SMILES string of the molecule is CNCC(CN)(CN)NC(=O)CCC=O. The van der Waals surface area contributed by atoms with Crippen LogP contribution in [0.5, 0.6) is 0 Å².